The molecule has 0 aliphatic rings. The van der Waals surface area contributed by atoms with Gasteiger partial charge in [-0.2, -0.15) is 0 Å². The quantitative estimate of drug-likeness (QED) is 0.676. The molecule has 0 radical (unpaired) electrons. The molecule has 0 aromatic heterocycles. The van der Waals surface area contributed by atoms with Crippen LogP contribution in [0.25, 0.3) is 0 Å². The van der Waals surface area contributed by atoms with Crippen molar-refractivity contribution in [1.29, 1.82) is 0 Å². The lowest BCUT2D eigenvalue weighted by molar-refractivity contribution is 0.0993. The number of Topliss-reactive ketones (excluding diaryl/α,β-unsaturated/α-hetero) is 1. The standard InChI is InChI=1S/C14H8BrCl2FO/c15-10-5-4-9(18)6-8(10)7-13(19)14-11(16)2-1-3-12(14)17/h1-6H,7H2. The first kappa shape index (κ1) is 14.5. The van der Waals surface area contributed by atoms with E-state index in [4.69, 9.17) is 23.2 Å². The Morgan fingerprint density at radius 2 is 1.79 bits per heavy atom. The van der Waals surface area contributed by atoms with E-state index in [0.29, 0.717) is 20.1 Å². The van der Waals surface area contributed by atoms with Gasteiger partial charge < -0.3 is 0 Å². The van der Waals surface area contributed by atoms with Gasteiger partial charge in [0, 0.05) is 10.9 Å². The summed E-state index contributed by atoms with van der Waals surface area (Å²) in [5.74, 6) is -0.641. The van der Waals surface area contributed by atoms with Crippen LogP contribution in [0.1, 0.15) is 15.9 Å². The van der Waals surface area contributed by atoms with Crippen molar-refractivity contribution in [1.82, 2.24) is 0 Å². The molecule has 0 bridgehead atoms. The summed E-state index contributed by atoms with van der Waals surface area (Å²) in [4.78, 5) is 12.2. The highest BCUT2D eigenvalue weighted by Crippen LogP contribution is 2.27. The van der Waals surface area contributed by atoms with Crippen molar-refractivity contribution in [3.05, 3.63) is 67.9 Å². The van der Waals surface area contributed by atoms with Gasteiger partial charge in [-0.15, -0.1) is 0 Å². The molecule has 1 nitrogen and oxygen atoms in total. The SMILES string of the molecule is O=C(Cc1cc(F)ccc1Br)c1c(Cl)cccc1Cl. The van der Waals surface area contributed by atoms with Crippen LogP contribution in [0.5, 0.6) is 0 Å². The smallest absolute Gasteiger partial charge is 0.170 e. The Balaban J connectivity index is 2.34. The highest BCUT2D eigenvalue weighted by Gasteiger charge is 2.16. The average Bonchev–Trinajstić information content (AvgIpc) is 2.33. The molecule has 0 unspecified atom stereocenters. The first-order chi connectivity index (χ1) is 8.99. The molecule has 2 rings (SSSR count). The molecule has 0 aliphatic heterocycles. The van der Waals surface area contributed by atoms with Crippen molar-refractivity contribution in [2.45, 2.75) is 6.42 Å². The Labute approximate surface area is 128 Å². The maximum atomic E-state index is 13.2. The molecule has 0 amide bonds. The van der Waals surface area contributed by atoms with Gasteiger partial charge in [-0.3, -0.25) is 4.79 Å². The van der Waals surface area contributed by atoms with Gasteiger partial charge in [0.05, 0.1) is 15.6 Å². The fourth-order valence-corrected chi connectivity index (χ4v) is 2.70. The minimum atomic E-state index is -0.392. The molecule has 5 heteroatoms. The summed E-state index contributed by atoms with van der Waals surface area (Å²) in [6, 6.07) is 9.06. The summed E-state index contributed by atoms with van der Waals surface area (Å²) in [7, 11) is 0. The third-order valence-electron chi connectivity index (χ3n) is 2.60. The lowest BCUT2D eigenvalue weighted by atomic mass is 10.0. The molecule has 19 heavy (non-hydrogen) atoms. The number of carbonyl (C=O) groups excluding carboxylic acids is 1. The molecule has 0 heterocycles. The molecular weight excluding hydrogens is 354 g/mol. The van der Waals surface area contributed by atoms with Crippen LogP contribution in [0.2, 0.25) is 10.0 Å². The molecule has 2 aromatic rings. The molecule has 0 N–H and O–H groups in total. The Morgan fingerprint density at radius 1 is 1.16 bits per heavy atom. The van der Waals surface area contributed by atoms with E-state index in [1.807, 2.05) is 0 Å². The van der Waals surface area contributed by atoms with Gasteiger partial charge in [-0.1, -0.05) is 45.2 Å². The topological polar surface area (TPSA) is 17.1 Å². The molecule has 0 aliphatic carbocycles. The zero-order chi connectivity index (χ0) is 14.0. The molecular formula is C14H8BrCl2FO. The zero-order valence-electron chi connectivity index (χ0n) is 9.59. The zero-order valence-corrected chi connectivity index (χ0v) is 12.7. The van der Waals surface area contributed by atoms with Gasteiger partial charge in [-0.05, 0) is 35.9 Å². The molecule has 0 atom stereocenters. The first-order valence-electron chi connectivity index (χ1n) is 5.40. The predicted octanol–water partition coefficient (Wildman–Crippen LogP) is 5.32. The minimum Gasteiger partial charge on any atom is -0.294 e. The normalized spacial score (nSPS) is 10.5. The summed E-state index contributed by atoms with van der Waals surface area (Å²) >= 11 is 15.2. The number of ketones is 1. The third-order valence-corrected chi connectivity index (χ3v) is 4.00. The van der Waals surface area contributed by atoms with Crippen LogP contribution < -0.4 is 0 Å². The lowest BCUT2D eigenvalue weighted by Gasteiger charge is -2.07. The van der Waals surface area contributed by atoms with Gasteiger partial charge in [0.15, 0.2) is 5.78 Å². The molecule has 0 saturated carbocycles. The van der Waals surface area contributed by atoms with E-state index in [1.165, 1.54) is 12.1 Å². The molecule has 0 fully saturated rings. The summed E-state index contributed by atoms with van der Waals surface area (Å²) in [6.45, 7) is 0. The van der Waals surface area contributed by atoms with Crippen molar-refractivity contribution in [2.24, 2.45) is 0 Å². The van der Waals surface area contributed by atoms with Gasteiger partial charge in [0.2, 0.25) is 0 Å². The second kappa shape index (κ2) is 6.04. The largest absolute Gasteiger partial charge is 0.294 e. The fourth-order valence-electron chi connectivity index (χ4n) is 1.70. The maximum absolute atomic E-state index is 13.2. The maximum Gasteiger partial charge on any atom is 0.170 e. The van der Waals surface area contributed by atoms with Crippen LogP contribution in [0.4, 0.5) is 4.39 Å². The average molecular weight is 362 g/mol. The number of hydrogen-bond donors (Lipinski definition) is 0. The van der Waals surface area contributed by atoms with Crippen LogP contribution in [-0.4, -0.2) is 5.78 Å². The lowest BCUT2D eigenvalue weighted by Crippen LogP contribution is -2.06. The van der Waals surface area contributed by atoms with E-state index in [-0.39, 0.29) is 17.8 Å². The van der Waals surface area contributed by atoms with Crippen LogP contribution >= 0.6 is 39.1 Å². The van der Waals surface area contributed by atoms with Crippen molar-refractivity contribution in [3.63, 3.8) is 0 Å². The number of benzene rings is 2. The van der Waals surface area contributed by atoms with Crippen molar-refractivity contribution < 1.29 is 9.18 Å². The molecule has 0 saturated heterocycles. The van der Waals surface area contributed by atoms with Gasteiger partial charge in [-0.25, -0.2) is 4.39 Å². The predicted molar refractivity (Wildman–Crippen MR) is 78.6 cm³/mol. The van der Waals surface area contributed by atoms with E-state index >= 15 is 0 Å². The summed E-state index contributed by atoms with van der Waals surface area (Å²) in [5.41, 5.74) is 0.822. The summed E-state index contributed by atoms with van der Waals surface area (Å²) in [5, 5.41) is 0.593. The van der Waals surface area contributed by atoms with E-state index in [1.54, 1.807) is 24.3 Å². The van der Waals surface area contributed by atoms with E-state index < -0.39 is 5.82 Å². The van der Waals surface area contributed by atoms with Crippen LogP contribution in [0, 0.1) is 5.82 Å². The fraction of sp³-hybridized carbons (Fsp3) is 0.0714. The monoisotopic (exact) mass is 360 g/mol. The summed E-state index contributed by atoms with van der Waals surface area (Å²) in [6.07, 6.45) is 0.0296. The van der Waals surface area contributed by atoms with E-state index in [9.17, 15) is 9.18 Å². The van der Waals surface area contributed by atoms with Crippen molar-refractivity contribution >= 4 is 44.9 Å². The van der Waals surface area contributed by atoms with Gasteiger partial charge in [0.1, 0.15) is 5.82 Å². The van der Waals surface area contributed by atoms with Crippen LogP contribution in [0.15, 0.2) is 40.9 Å². The van der Waals surface area contributed by atoms with Crippen LogP contribution in [0.3, 0.4) is 0 Å². The second-order valence-corrected chi connectivity index (χ2v) is 5.60. The minimum absolute atomic E-state index is 0.0296. The first-order valence-corrected chi connectivity index (χ1v) is 6.95. The van der Waals surface area contributed by atoms with E-state index in [0.717, 1.165) is 0 Å². The Kier molecular flexibility index (Phi) is 4.61. The number of hydrogen-bond acceptors (Lipinski definition) is 1. The highest BCUT2D eigenvalue weighted by atomic mass is 79.9. The summed E-state index contributed by atoms with van der Waals surface area (Å²) < 4.78 is 13.8. The molecule has 2 aromatic carbocycles. The molecule has 98 valence electrons. The van der Waals surface area contributed by atoms with Crippen molar-refractivity contribution in [3.8, 4) is 0 Å². The molecule has 0 spiro atoms. The number of carbonyl (C=O) groups is 1. The number of rotatable bonds is 3. The van der Waals surface area contributed by atoms with Gasteiger partial charge >= 0.3 is 0 Å². The highest BCUT2D eigenvalue weighted by molar-refractivity contribution is 9.10. The Hall–Kier alpha value is -0.900. The van der Waals surface area contributed by atoms with E-state index in [2.05, 4.69) is 15.9 Å². The third kappa shape index (κ3) is 3.35. The Bertz CT molecular complexity index is 623. The van der Waals surface area contributed by atoms with Crippen LogP contribution in [-0.2, 0) is 6.42 Å². The number of halogens is 4. The second-order valence-electron chi connectivity index (χ2n) is 3.93. The Morgan fingerprint density at radius 3 is 2.42 bits per heavy atom. The van der Waals surface area contributed by atoms with Crippen molar-refractivity contribution in [2.75, 3.05) is 0 Å². The van der Waals surface area contributed by atoms with Gasteiger partial charge in [0.25, 0.3) is 0 Å².